The number of benzene rings is 1. The summed E-state index contributed by atoms with van der Waals surface area (Å²) in [5, 5.41) is 2.32. The number of morpholine rings is 1. The van der Waals surface area contributed by atoms with Crippen molar-refractivity contribution in [1.29, 1.82) is 0 Å². The number of hydrogen-bond donors (Lipinski definition) is 2. The lowest BCUT2D eigenvalue weighted by atomic mass is 10.2. The molecule has 0 radical (unpaired) electrons. The Hall–Kier alpha value is -1.38. The average Bonchev–Trinajstić information content (AvgIpc) is 2.45. The van der Waals surface area contributed by atoms with Crippen LogP contribution in [0.2, 0.25) is 0 Å². The van der Waals surface area contributed by atoms with E-state index in [0.717, 1.165) is 18.8 Å². The van der Waals surface area contributed by atoms with Crippen molar-refractivity contribution >= 4 is 38.5 Å². The molecular weight excluding hydrogens is 346 g/mol. The first-order valence-electron chi connectivity index (χ1n) is 7.96. The number of nitrogens with one attached hydrogen (secondary N) is 1. The molecule has 134 valence electrons. The van der Waals surface area contributed by atoms with Gasteiger partial charge < -0.3 is 20.7 Å². The molecule has 2 unspecified atom stereocenters. The second-order valence-electron chi connectivity index (χ2n) is 6.43. The molecule has 3 N–H and O–H groups in total. The van der Waals surface area contributed by atoms with Crippen LogP contribution in [0.3, 0.4) is 0 Å². The minimum atomic E-state index is -3.44. The van der Waals surface area contributed by atoms with Gasteiger partial charge in [-0.25, -0.2) is 8.42 Å². The van der Waals surface area contributed by atoms with Crippen molar-refractivity contribution < 1.29 is 13.2 Å². The van der Waals surface area contributed by atoms with Gasteiger partial charge >= 0.3 is 0 Å². The summed E-state index contributed by atoms with van der Waals surface area (Å²) in [4.78, 5) is 2.39. The van der Waals surface area contributed by atoms with E-state index in [1.165, 1.54) is 0 Å². The number of ether oxygens (including phenoxy) is 1. The Kier molecular flexibility index (Phi) is 5.72. The molecule has 24 heavy (non-hydrogen) atoms. The molecule has 2 atom stereocenters. The van der Waals surface area contributed by atoms with Gasteiger partial charge in [0.05, 0.1) is 28.0 Å². The van der Waals surface area contributed by atoms with Gasteiger partial charge in [0.25, 0.3) is 0 Å². The van der Waals surface area contributed by atoms with Gasteiger partial charge in [0.15, 0.2) is 14.9 Å². The van der Waals surface area contributed by atoms with Crippen LogP contribution in [-0.2, 0) is 14.6 Å². The number of nitrogens with two attached hydrogens (primary N) is 1. The van der Waals surface area contributed by atoms with E-state index < -0.39 is 15.1 Å². The summed E-state index contributed by atoms with van der Waals surface area (Å²) in [6.07, 6.45) is 0.222. The molecule has 1 fully saturated rings. The van der Waals surface area contributed by atoms with Gasteiger partial charge in [-0.15, -0.1) is 0 Å². The Labute approximate surface area is 149 Å². The van der Waals surface area contributed by atoms with Crippen LogP contribution in [0.25, 0.3) is 0 Å². The summed E-state index contributed by atoms with van der Waals surface area (Å²) >= 11 is 4.90. The summed E-state index contributed by atoms with van der Waals surface area (Å²) in [7, 11) is -3.44. The van der Waals surface area contributed by atoms with Crippen LogP contribution in [0.1, 0.15) is 27.7 Å². The fourth-order valence-corrected chi connectivity index (χ4v) is 4.13. The van der Waals surface area contributed by atoms with Crippen LogP contribution in [0, 0.1) is 0 Å². The van der Waals surface area contributed by atoms with Crippen molar-refractivity contribution in [1.82, 2.24) is 0 Å². The summed E-state index contributed by atoms with van der Waals surface area (Å²) in [6.45, 7) is 8.83. The van der Waals surface area contributed by atoms with Crippen LogP contribution >= 0.6 is 12.2 Å². The predicted octanol–water partition coefficient (Wildman–Crippen LogP) is 2.14. The lowest BCUT2D eigenvalue weighted by Gasteiger charge is -2.37. The average molecular weight is 372 g/mol. The quantitative estimate of drug-likeness (QED) is 0.784. The molecule has 8 heteroatoms. The van der Waals surface area contributed by atoms with Crippen molar-refractivity contribution in [2.24, 2.45) is 5.73 Å². The Morgan fingerprint density at radius 3 is 2.42 bits per heavy atom. The Balaban J connectivity index is 2.45. The first-order valence-corrected chi connectivity index (χ1v) is 9.91. The smallest absolute Gasteiger partial charge is 0.182 e. The molecule has 0 spiro atoms. The zero-order valence-electron chi connectivity index (χ0n) is 14.4. The fourth-order valence-electron chi connectivity index (χ4n) is 2.84. The van der Waals surface area contributed by atoms with E-state index in [4.69, 9.17) is 22.7 Å². The number of anilines is 2. The van der Waals surface area contributed by atoms with Gasteiger partial charge in [0.1, 0.15) is 0 Å². The van der Waals surface area contributed by atoms with Crippen LogP contribution in [0.15, 0.2) is 23.1 Å². The van der Waals surface area contributed by atoms with E-state index >= 15 is 0 Å². The summed E-state index contributed by atoms with van der Waals surface area (Å²) in [5.74, 6) is 0. The van der Waals surface area contributed by atoms with E-state index in [2.05, 4.69) is 10.2 Å². The molecule has 0 saturated carbocycles. The zero-order chi connectivity index (χ0) is 18.1. The third kappa shape index (κ3) is 4.17. The van der Waals surface area contributed by atoms with Crippen molar-refractivity contribution in [3.63, 3.8) is 0 Å². The lowest BCUT2D eigenvalue weighted by molar-refractivity contribution is -0.00521. The monoisotopic (exact) mass is 371 g/mol. The van der Waals surface area contributed by atoms with Crippen LogP contribution < -0.4 is 16.0 Å². The highest BCUT2D eigenvalue weighted by Gasteiger charge is 2.26. The molecule has 1 heterocycles. The van der Waals surface area contributed by atoms with Gasteiger partial charge in [-0.1, -0.05) is 0 Å². The number of sulfone groups is 1. The zero-order valence-corrected chi connectivity index (χ0v) is 16.1. The summed E-state index contributed by atoms with van der Waals surface area (Å²) < 4.78 is 30.9. The molecule has 1 aromatic carbocycles. The number of nitrogens with zero attached hydrogens (tertiary/aromatic N) is 1. The van der Waals surface area contributed by atoms with Crippen molar-refractivity contribution in [3.8, 4) is 0 Å². The van der Waals surface area contributed by atoms with Crippen molar-refractivity contribution in [2.45, 2.75) is 50.0 Å². The van der Waals surface area contributed by atoms with Crippen LogP contribution in [0.5, 0.6) is 0 Å². The first-order chi connectivity index (χ1) is 11.1. The maximum atomic E-state index is 12.6. The maximum absolute atomic E-state index is 12.6. The highest BCUT2D eigenvalue weighted by atomic mass is 32.2. The third-order valence-corrected chi connectivity index (χ3v) is 6.25. The normalized spacial score (nSPS) is 21.8. The molecule has 0 aliphatic carbocycles. The summed E-state index contributed by atoms with van der Waals surface area (Å²) in [6, 6.07) is 5.24. The molecule has 1 aliphatic rings. The Morgan fingerprint density at radius 1 is 1.33 bits per heavy atom. The van der Waals surface area contributed by atoms with Crippen LogP contribution in [-0.4, -0.2) is 44.1 Å². The minimum absolute atomic E-state index is 0.0380. The van der Waals surface area contributed by atoms with Crippen molar-refractivity contribution in [2.75, 3.05) is 23.3 Å². The highest BCUT2D eigenvalue weighted by molar-refractivity contribution is 7.92. The standard InChI is InChI=1S/C16H25N3O3S2/c1-10(2)24(20,21)15-6-5-13(7-14(15)18-16(17)23)19-8-11(3)22-12(4)9-19/h5-7,10-12H,8-9H2,1-4H3,(H3,17,18,23). The molecule has 0 amide bonds. The molecule has 1 aromatic rings. The predicted molar refractivity (Wildman–Crippen MR) is 101 cm³/mol. The lowest BCUT2D eigenvalue weighted by Crippen LogP contribution is -2.45. The molecular formula is C16H25N3O3S2. The third-order valence-electron chi connectivity index (χ3n) is 3.93. The Morgan fingerprint density at radius 2 is 1.92 bits per heavy atom. The number of hydrogen-bond acceptors (Lipinski definition) is 5. The second kappa shape index (κ2) is 7.25. The van der Waals surface area contributed by atoms with E-state index in [0.29, 0.717) is 5.69 Å². The van der Waals surface area contributed by atoms with E-state index in [9.17, 15) is 8.42 Å². The van der Waals surface area contributed by atoms with Gasteiger partial charge in [-0.05, 0) is 58.1 Å². The first kappa shape index (κ1) is 19.0. The Bertz CT molecular complexity index is 709. The SMILES string of the molecule is CC1CN(c2ccc(S(=O)(=O)C(C)C)c(NC(N)=S)c2)CC(C)O1. The van der Waals surface area contributed by atoms with E-state index in [-0.39, 0.29) is 22.2 Å². The largest absolute Gasteiger partial charge is 0.376 e. The van der Waals surface area contributed by atoms with Crippen LogP contribution in [0.4, 0.5) is 11.4 Å². The maximum Gasteiger partial charge on any atom is 0.182 e. The fraction of sp³-hybridized carbons (Fsp3) is 0.562. The van der Waals surface area contributed by atoms with Gasteiger partial charge in [-0.3, -0.25) is 0 Å². The topological polar surface area (TPSA) is 84.7 Å². The van der Waals surface area contributed by atoms with E-state index in [1.54, 1.807) is 26.0 Å². The molecule has 1 aliphatic heterocycles. The minimum Gasteiger partial charge on any atom is -0.376 e. The van der Waals surface area contributed by atoms with Gasteiger partial charge in [0.2, 0.25) is 0 Å². The van der Waals surface area contributed by atoms with E-state index in [1.807, 2.05) is 19.9 Å². The van der Waals surface area contributed by atoms with Crippen molar-refractivity contribution in [3.05, 3.63) is 18.2 Å². The van der Waals surface area contributed by atoms with Gasteiger partial charge in [-0.2, -0.15) is 0 Å². The molecule has 0 bridgehead atoms. The van der Waals surface area contributed by atoms with Gasteiger partial charge in [0, 0.05) is 18.8 Å². The number of rotatable bonds is 4. The molecule has 0 aromatic heterocycles. The number of thiocarbonyl (C=S) groups is 1. The molecule has 1 saturated heterocycles. The molecule has 6 nitrogen and oxygen atoms in total. The highest BCUT2D eigenvalue weighted by Crippen LogP contribution is 2.31. The second-order valence-corrected chi connectivity index (χ2v) is 9.34. The summed E-state index contributed by atoms with van der Waals surface area (Å²) in [5.41, 5.74) is 6.91. The molecule has 2 rings (SSSR count).